The lowest BCUT2D eigenvalue weighted by Gasteiger charge is -2.29. The fourth-order valence-electron chi connectivity index (χ4n) is 9.24. The van der Waals surface area contributed by atoms with Crippen LogP contribution in [0.2, 0.25) is 0 Å². The summed E-state index contributed by atoms with van der Waals surface area (Å²) in [7, 11) is 0. The van der Waals surface area contributed by atoms with Crippen molar-refractivity contribution in [3.8, 4) is 0 Å². The number of aliphatic hydroxyl groups is 2. The molecule has 490 valence electrons. The monoisotopic (exact) mass is 1230 g/mol. The molecule has 0 spiro atoms. The molecule has 0 radical (unpaired) electrons. The molecule has 0 saturated carbocycles. The lowest BCUT2D eigenvalue weighted by molar-refractivity contribution is -0.137. The Labute approximate surface area is 509 Å². The van der Waals surface area contributed by atoms with Crippen LogP contribution in [0.25, 0.3) is 0 Å². The normalized spacial score (nSPS) is 22.5. The maximum absolute atomic E-state index is 14.6. The second kappa shape index (κ2) is 40.9. The van der Waals surface area contributed by atoms with Crippen LogP contribution >= 0.6 is 0 Å². The third-order valence-electron chi connectivity index (χ3n) is 14.5. The zero-order chi connectivity index (χ0) is 65.2. The van der Waals surface area contributed by atoms with Gasteiger partial charge in [-0.3, -0.25) is 57.5 Å². The van der Waals surface area contributed by atoms with E-state index >= 15 is 0 Å². The van der Waals surface area contributed by atoms with Gasteiger partial charge >= 0.3 is 0 Å². The number of hydrogen-bond donors (Lipinski definition) is 18. The Morgan fingerprint density at radius 1 is 0.609 bits per heavy atom. The summed E-state index contributed by atoms with van der Waals surface area (Å²) in [5.41, 5.74) is 24.2. The Balaban J connectivity index is 2.69. The van der Waals surface area contributed by atoms with Crippen LogP contribution in [-0.4, -0.2) is 193 Å². The summed E-state index contributed by atoms with van der Waals surface area (Å²) in [6, 6.07) is -6.51. The van der Waals surface area contributed by atoms with E-state index in [1.807, 2.05) is 0 Å². The first-order chi connectivity index (χ1) is 41.3. The highest BCUT2D eigenvalue weighted by Crippen LogP contribution is 2.14. The Kier molecular flexibility index (Phi) is 35.6. The number of benzene rings is 1. The van der Waals surface area contributed by atoms with Crippen LogP contribution in [0.4, 0.5) is 0 Å². The minimum absolute atomic E-state index is 0.0384. The highest BCUT2D eigenvalue weighted by Gasteiger charge is 2.37. The molecule has 1 aliphatic heterocycles. The highest BCUT2D eigenvalue weighted by molar-refractivity contribution is 5.99. The van der Waals surface area contributed by atoms with E-state index in [1.165, 1.54) is 13.8 Å². The standard InChI is InChI=1S/C57H98N16O14/c1-7-33(4)13-11-12-16-45(77)64-41(21-27-62-31-74)53(83)73-47(35(6)76)57(87)69-39(19-25-60)49(79)68-42-22-28-63-56(86)46(34(5)75)72-52(82)40(20-26-61)66-48(78)37(17-23-58)67-54(84)43(29-32(2)3)70-55(85)44(30-36-14-9-8-10-15-36)71-50(80)38(18-24-59)65-51(42)81/h8-10,14-15,31-35,37-44,46-47,75-76H,7,11-13,16-30,58-61H2,1-6H3,(H,62,74)(H,63,86)(H,64,77)(H,65,81)(H,66,78)(H,67,84)(H,68,79)(H,69,87)(H,70,85)(H,71,80)(H,72,82)(H,73,83)/t33?,34-,35-,37+,38+,39+,40+,41+,42+,43+,44-,46+,47+/m1/s1. The van der Waals surface area contributed by atoms with Crippen molar-refractivity contribution in [1.29, 1.82) is 0 Å². The zero-order valence-corrected chi connectivity index (χ0v) is 51.1. The molecule has 0 aliphatic carbocycles. The number of nitrogens with two attached hydrogens (primary N) is 4. The Morgan fingerprint density at radius 3 is 1.67 bits per heavy atom. The zero-order valence-electron chi connectivity index (χ0n) is 51.1. The van der Waals surface area contributed by atoms with Gasteiger partial charge in [0, 0.05) is 25.9 Å². The maximum atomic E-state index is 14.6. The van der Waals surface area contributed by atoms with Gasteiger partial charge in [-0.1, -0.05) is 77.3 Å². The number of amides is 12. The third-order valence-corrected chi connectivity index (χ3v) is 14.5. The summed E-state index contributed by atoms with van der Waals surface area (Å²) < 4.78 is 0. The number of carbonyl (C=O) groups excluding carboxylic acids is 12. The van der Waals surface area contributed by atoms with Gasteiger partial charge in [0.25, 0.3) is 0 Å². The number of nitrogens with one attached hydrogen (secondary N) is 12. The van der Waals surface area contributed by atoms with Gasteiger partial charge in [-0.15, -0.1) is 0 Å². The van der Waals surface area contributed by atoms with Crippen molar-refractivity contribution in [2.75, 3.05) is 39.3 Å². The quantitative estimate of drug-likeness (QED) is 0.0244. The molecule has 13 atom stereocenters. The van der Waals surface area contributed by atoms with Crippen molar-refractivity contribution in [2.24, 2.45) is 34.8 Å². The number of rotatable bonds is 31. The predicted octanol–water partition coefficient (Wildman–Crippen LogP) is -5.46. The maximum Gasteiger partial charge on any atom is 0.245 e. The van der Waals surface area contributed by atoms with E-state index in [0.717, 1.165) is 19.3 Å². The second-order valence-electron chi connectivity index (χ2n) is 22.3. The average molecular weight is 1230 g/mol. The molecule has 1 aliphatic rings. The third kappa shape index (κ3) is 27.9. The molecule has 1 saturated heterocycles. The Morgan fingerprint density at radius 2 is 1.14 bits per heavy atom. The van der Waals surface area contributed by atoms with E-state index in [-0.39, 0.29) is 90.0 Å². The van der Waals surface area contributed by atoms with Crippen LogP contribution in [0.15, 0.2) is 30.3 Å². The first kappa shape index (κ1) is 75.7. The van der Waals surface area contributed by atoms with Crippen molar-refractivity contribution in [2.45, 2.75) is 198 Å². The second-order valence-corrected chi connectivity index (χ2v) is 22.3. The van der Waals surface area contributed by atoms with E-state index in [0.29, 0.717) is 24.3 Å². The van der Waals surface area contributed by atoms with Gasteiger partial charge in [-0.25, -0.2) is 0 Å². The number of unbranched alkanes of at least 4 members (excludes halogenated alkanes) is 1. The van der Waals surface area contributed by atoms with Crippen molar-refractivity contribution < 1.29 is 67.7 Å². The van der Waals surface area contributed by atoms with Crippen molar-refractivity contribution in [1.82, 2.24) is 63.8 Å². The van der Waals surface area contributed by atoms with Crippen LogP contribution < -0.4 is 86.7 Å². The SMILES string of the molecule is CCC(C)CCCCC(=O)N[C@@H](CCNC=O)C(=O)N[C@H](C(=O)N[C@@H](CCN)C(=O)N[C@H]1CCNC(=O)[C@H]([C@@H](C)O)NC(=O)[C@H](CCN)NC(=O)[C@H](CCN)NC(=O)[C@H](CC(C)C)NC(=O)[C@@H](Cc2ccccc2)NC(=O)[C@H](CCN)NC1=O)[C@@H](C)O. The largest absolute Gasteiger partial charge is 0.391 e. The summed E-state index contributed by atoms with van der Waals surface area (Å²) in [5, 5.41) is 52.1. The summed E-state index contributed by atoms with van der Waals surface area (Å²) in [6.07, 6.45) is -1.03. The minimum atomic E-state index is -1.75. The number of carbonyl (C=O) groups is 12. The molecular weight excluding hydrogens is 1130 g/mol. The lowest BCUT2D eigenvalue weighted by Crippen LogP contribution is -2.62. The van der Waals surface area contributed by atoms with Gasteiger partial charge in [-0.2, -0.15) is 0 Å². The summed E-state index contributed by atoms with van der Waals surface area (Å²) >= 11 is 0. The molecule has 1 heterocycles. The van der Waals surface area contributed by atoms with Crippen molar-refractivity contribution in [3.63, 3.8) is 0 Å². The molecule has 87 heavy (non-hydrogen) atoms. The summed E-state index contributed by atoms with van der Waals surface area (Å²) in [4.78, 5) is 165. The van der Waals surface area contributed by atoms with E-state index in [2.05, 4.69) is 77.6 Å². The van der Waals surface area contributed by atoms with Gasteiger partial charge in [0.05, 0.1) is 12.2 Å². The fourth-order valence-corrected chi connectivity index (χ4v) is 9.24. The van der Waals surface area contributed by atoms with E-state index in [1.54, 1.807) is 44.2 Å². The molecule has 1 fully saturated rings. The van der Waals surface area contributed by atoms with Gasteiger partial charge in [0.1, 0.15) is 60.4 Å². The van der Waals surface area contributed by atoms with E-state index in [9.17, 15) is 67.7 Å². The molecule has 30 nitrogen and oxygen atoms in total. The van der Waals surface area contributed by atoms with Crippen LogP contribution in [0, 0.1) is 11.8 Å². The van der Waals surface area contributed by atoms with Gasteiger partial charge in [0.2, 0.25) is 71.4 Å². The topological polar surface area (TPSA) is 494 Å². The average Bonchev–Trinajstić information content (AvgIpc) is 2.76. The molecule has 1 unspecified atom stereocenters. The molecule has 0 bridgehead atoms. The van der Waals surface area contributed by atoms with Crippen LogP contribution in [0.5, 0.6) is 0 Å². The Bertz CT molecular complexity index is 2390. The van der Waals surface area contributed by atoms with Gasteiger partial charge < -0.3 is 96.9 Å². The number of hydrogen-bond acceptors (Lipinski definition) is 18. The lowest BCUT2D eigenvalue weighted by atomic mass is 10.00. The predicted molar refractivity (Wildman–Crippen MR) is 321 cm³/mol. The van der Waals surface area contributed by atoms with Crippen molar-refractivity contribution in [3.05, 3.63) is 35.9 Å². The number of aliphatic hydroxyl groups excluding tert-OH is 2. The van der Waals surface area contributed by atoms with E-state index < -0.39 is 151 Å². The molecule has 30 heteroatoms. The van der Waals surface area contributed by atoms with Crippen LogP contribution in [0.1, 0.15) is 124 Å². The molecule has 1 aromatic rings. The van der Waals surface area contributed by atoms with Crippen LogP contribution in [0.3, 0.4) is 0 Å². The van der Waals surface area contributed by atoms with Crippen molar-refractivity contribution >= 4 is 71.4 Å². The smallest absolute Gasteiger partial charge is 0.245 e. The molecule has 22 N–H and O–H groups in total. The molecule has 0 aromatic heterocycles. The van der Waals surface area contributed by atoms with Gasteiger partial charge in [0.15, 0.2) is 0 Å². The Hall–Kier alpha value is -7.38. The minimum Gasteiger partial charge on any atom is -0.391 e. The van der Waals surface area contributed by atoms with Crippen LogP contribution in [-0.2, 0) is 64.0 Å². The van der Waals surface area contributed by atoms with E-state index in [4.69, 9.17) is 22.9 Å². The van der Waals surface area contributed by atoms with Gasteiger partial charge in [-0.05, 0) is 109 Å². The molecule has 12 amide bonds. The molecular formula is C57H98N16O14. The first-order valence-electron chi connectivity index (χ1n) is 30.0. The summed E-state index contributed by atoms with van der Waals surface area (Å²) in [6.45, 7) is 8.86. The summed E-state index contributed by atoms with van der Waals surface area (Å²) in [5.74, 6) is -9.71. The molecule has 1 aromatic carbocycles. The molecule has 2 rings (SSSR count). The fraction of sp³-hybridized carbons (Fsp3) is 0.684. The highest BCUT2D eigenvalue weighted by atomic mass is 16.3. The first-order valence-corrected chi connectivity index (χ1v) is 30.0.